The van der Waals surface area contributed by atoms with E-state index in [9.17, 15) is 14.4 Å². The third kappa shape index (κ3) is 2.82. The second-order valence-electron chi connectivity index (χ2n) is 6.14. The molecule has 6 heteroatoms. The highest BCUT2D eigenvalue weighted by molar-refractivity contribution is 5.70. The molecule has 1 aromatic rings. The van der Waals surface area contributed by atoms with Gasteiger partial charge in [-0.3, -0.25) is 9.88 Å². The van der Waals surface area contributed by atoms with E-state index in [1.807, 2.05) is 0 Å². The number of alkyl halides is 1. The summed E-state index contributed by atoms with van der Waals surface area (Å²) in [5.41, 5.74) is -2.39. The zero-order chi connectivity index (χ0) is 15.8. The lowest BCUT2D eigenvalue weighted by Crippen LogP contribution is -2.49. The van der Waals surface area contributed by atoms with Gasteiger partial charge in [0.15, 0.2) is 0 Å². The van der Waals surface area contributed by atoms with Crippen molar-refractivity contribution in [1.82, 2.24) is 9.88 Å². The Morgan fingerprint density at radius 3 is 2.86 bits per heavy atom. The van der Waals surface area contributed by atoms with Gasteiger partial charge in [0.25, 0.3) is 5.67 Å². The second kappa shape index (κ2) is 4.99. The van der Waals surface area contributed by atoms with Gasteiger partial charge < -0.3 is 4.74 Å². The lowest BCUT2D eigenvalue weighted by atomic mass is 9.89. The summed E-state index contributed by atoms with van der Waals surface area (Å²) in [7, 11) is 0. The van der Waals surface area contributed by atoms with Crippen molar-refractivity contribution < 1.29 is 13.9 Å². The molecular formula is C15H18FN3O2. The van der Waals surface area contributed by atoms with E-state index in [4.69, 9.17) is 4.74 Å². The Balaban J connectivity index is 2.41. The topological polar surface area (TPSA) is 66.2 Å². The Kier molecular flexibility index (Phi) is 3.62. The predicted molar refractivity (Wildman–Crippen MR) is 74.0 cm³/mol. The monoisotopic (exact) mass is 291 g/mol. The zero-order valence-corrected chi connectivity index (χ0v) is 12.6. The molecule has 2 atom stereocenters. The third-order valence-electron chi connectivity index (χ3n) is 3.33. The first-order chi connectivity index (χ1) is 9.68. The molecule has 0 saturated carbocycles. The first kappa shape index (κ1) is 15.2. The molecule has 0 aliphatic carbocycles. The van der Waals surface area contributed by atoms with Crippen molar-refractivity contribution in [3.8, 4) is 6.07 Å². The fourth-order valence-corrected chi connectivity index (χ4v) is 2.33. The van der Waals surface area contributed by atoms with Gasteiger partial charge in [0.2, 0.25) is 0 Å². The molecule has 21 heavy (non-hydrogen) atoms. The number of carbonyl (C=O) groups is 1. The summed E-state index contributed by atoms with van der Waals surface area (Å²) in [5.74, 6) is 0. The van der Waals surface area contributed by atoms with E-state index in [1.165, 1.54) is 11.1 Å². The first-order valence-corrected chi connectivity index (χ1v) is 6.73. The van der Waals surface area contributed by atoms with Crippen LogP contribution in [0.2, 0.25) is 0 Å². The quantitative estimate of drug-likeness (QED) is 0.736. The number of rotatable bonds is 0. The van der Waals surface area contributed by atoms with Gasteiger partial charge in [-0.1, -0.05) is 6.07 Å². The van der Waals surface area contributed by atoms with Gasteiger partial charge in [-0.25, -0.2) is 9.18 Å². The molecule has 0 aromatic carbocycles. The molecule has 1 aliphatic heterocycles. The van der Waals surface area contributed by atoms with Crippen LogP contribution in [-0.2, 0) is 10.4 Å². The van der Waals surface area contributed by atoms with E-state index in [-0.39, 0.29) is 12.2 Å². The average Bonchev–Trinajstić information content (AvgIpc) is 2.41. The number of nitrogens with zero attached hydrogens (tertiary/aromatic N) is 3. The molecule has 0 spiro atoms. The van der Waals surface area contributed by atoms with Crippen molar-refractivity contribution >= 4 is 6.09 Å². The Bertz CT molecular complexity index is 606. The Hall–Kier alpha value is -2.16. The largest absolute Gasteiger partial charge is 0.444 e. The maximum Gasteiger partial charge on any atom is 0.410 e. The van der Waals surface area contributed by atoms with Crippen LogP contribution in [0.25, 0.3) is 0 Å². The molecule has 0 fully saturated rings. The predicted octanol–water partition coefficient (Wildman–Crippen LogP) is 3.08. The molecule has 1 amide bonds. The van der Waals surface area contributed by atoms with Gasteiger partial charge in [-0.05, 0) is 33.8 Å². The Labute approximate surface area is 123 Å². The lowest BCUT2D eigenvalue weighted by molar-refractivity contribution is 0.000324. The number of nitriles is 1. The van der Waals surface area contributed by atoms with Crippen LogP contribution in [0.5, 0.6) is 0 Å². The van der Waals surface area contributed by atoms with Crippen LogP contribution in [0.3, 0.4) is 0 Å². The van der Waals surface area contributed by atoms with E-state index in [0.717, 1.165) is 0 Å². The first-order valence-electron chi connectivity index (χ1n) is 6.73. The van der Waals surface area contributed by atoms with Crippen LogP contribution in [0.4, 0.5) is 9.18 Å². The number of aromatic nitrogens is 1. The van der Waals surface area contributed by atoms with Gasteiger partial charge in [-0.15, -0.1) is 0 Å². The van der Waals surface area contributed by atoms with E-state index in [0.29, 0.717) is 5.56 Å². The molecule has 0 radical (unpaired) electrons. The van der Waals surface area contributed by atoms with Crippen LogP contribution >= 0.6 is 0 Å². The standard InChI is InChI=1S/C15H18FN3O2/c1-10-11-6-5-7-18-12(11)15(16,8-17)9-19(10)13(20)21-14(2,3)4/h5-7,10H,9H2,1-4H3/t10-,15?/m1/s1. The second-order valence-corrected chi connectivity index (χ2v) is 6.14. The van der Waals surface area contributed by atoms with Crippen molar-refractivity contribution in [2.24, 2.45) is 0 Å². The van der Waals surface area contributed by atoms with E-state index in [1.54, 1.807) is 45.9 Å². The molecular weight excluding hydrogens is 273 g/mol. The summed E-state index contributed by atoms with van der Waals surface area (Å²) in [6, 6.07) is 4.56. The number of carbonyl (C=O) groups excluding carboxylic acids is 1. The molecule has 5 nitrogen and oxygen atoms in total. The maximum atomic E-state index is 14.8. The highest BCUT2D eigenvalue weighted by atomic mass is 19.1. The van der Waals surface area contributed by atoms with Gasteiger partial charge in [0.05, 0.1) is 18.3 Å². The molecule has 0 saturated heterocycles. The minimum Gasteiger partial charge on any atom is -0.444 e. The van der Waals surface area contributed by atoms with Crippen molar-refractivity contribution in [1.29, 1.82) is 5.26 Å². The molecule has 112 valence electrons. The highest BCUT2D eigenvalue weighted by Crippen LogP contribution is 2.39. The molecule has 1 unspecified atom stereocenters. The normalized spacial score (nSPS) is 25.0. The van der Waals surface area contributed by atoms with Crippen molar-refractivity contribution in [3.63, 3.8) is 0 Å². The van der Waals surface area contributed by atoms with Crippen LogP contribution < -0.4 is 0 Å². The minimum absolute atomic E-state index is 0.0832. The number of ether oxygens (including phenoxy) is 1. The third-order valence-corrected chi connectivity index (χ3v) is 3.33. The molecule has 1 aromatic heterocycles. The summed E-state index contributed by atoms with van der Waals surface area (Å²) in [4.78, 5) is 17.5. The minimum atomic E-state index is -2.32. The Morgan fingerprint density at radius 2 is 2.29 bits per heavy atom. The van der Waals surface area contributed by atoms with Crippen molar-refractivity contribution in [2.45, 2.75) is 45.0 Å². The molecule has 0 N–H and O–H groups in total. The Morgan fingerprint density at radius 1 is 1.62 bits per heavy atom. The highest BCUT2D eigenvalue weighted by Gasteiger charge is 2.47. The number of hydrogen-bond donors (Lipinski definition) is 0. The SMILES string of the molecule is C[C@@H]1c2cccnc2C(F)(C#N)CN1C(=O)OC(C)(C)C. The molecule has 2 heterocycles. The van der Waals surface area contributed by atoms with Crippen LogP contribution in [-0.4, -0.2) is 28.1 Å². The summed E-state index contributed by atoms with van der Waals surface area (Å²) < 4.78 is 20.1. The fourth-order valence-electron chi connectivity index (χ4n) is 2.33. The maximum absolute atomic E-state index is 14.8. The summed E-state index contributed by atoms with van der Waals surface area (Å²) >= 11 is 0. The summed E-state index contributed by atoms with van der Waals surface area (Å²) in [6.07, 6.45) is 0.808. The van der Waals surface area contributed by atoms with Gasteiger partial charge >= 0.3 is 6.09 Å². The van der Waals surface area contributed by atoms with Crippen LogP contribution in [0.15, 0.2) is 18.3 Å². The zero-order valence-electron chi connectivity index (χ0n) is 12.6. The summed E-state index contributed by atoms with van der Waals surface area (Å²) in [5, 5.41) is 9.17. The number of fused-ring (bicyclic) bond motifs is 1. The molecule has 2 rings (SSSR count). The number of halogens is 1. The van der Waals surface area contributed by atoms with Crippen molar-refractivity contribution in [2.75, 3.05) is 6.54 Å². The number of pyridine rings is 1. The van der Waals surface area contributed by atoms with Gasteiger partial charge in [-0.2, -0.15) is 5.26 Å². The van der Waals surface area contributed by atoms with E-state index >= 15 is 0 Å². The summed E-state index contributed by atoms with van der Waals surface area (Å²) in [6.45, 7) is 6.59. The number of amides is 1. The van der Waals surface area contributed by atoms with Crippen molar-refractivity contribution in [3.05, 3.63) is 29.6 Å². The lowest BCUT2D eigenvalue weighted by Gasteiger charge is -2.39. The van der Waals surface area contributed by atoms with Gasteiger partial charge in [0.1, 0.15) is 11.7 Å². The van der Waals surface area contributed by atoms with Gasteiger partial charge in [0, 0.05) is 11.8 Å². The fraction of sp³-hybridized carbons (Fsp3) is 0.533. The number of hydrogen-bond acceptors (Lipinski definition) is 4. The van der Waals surface area contributed by atoms with E-state index < -0.39 is 23.4 Å². The molecule has 1 aliphatic rings. The van der Waals surface area contributed by atoms with Crippen LogP contribution in [0.1, 0.15) is 45.0 Å². The van der Waals surface area contributed by atoms with E-state index in [2.05, 4.69) is 4.98 Å². The molecule has 0 bridgehead atoms. The van der Waals surface area contributed by atoms with Crippen LogP contribution in [0, 0.1) is 11.3 Å². The average molecular weight is 291 g/mol. The smallest absolute Gasteiger partial charge is 0.410 e.